The van der Waals surface area contributed by atoms with Crippen LogP contribution in [0.15, 0.2) is 0 Å². The summed E-state index contributed by atoms with van der Waals surface area (Å²) in [7, 11) is 0. The molecular weight excluding hydrogens is 234 g/mol. The summed E-state index contributed by atoms with van der Waals surface area (Å²) in [5, 5.41) is 13.2. The standard InChI is InChI=1S/C16H27N3/c1-2-3-10-19(14-6-7-14)15-8-9-16(11-15,12-17)18-13-4-5-13/h13-15,18H,2-11H2,1H3. The van der Waals surface area contributed by atoms with Gasteiger partial charge in [-0.2, -0.15) is 5.26 Å². The van der Waals surface area contributed by atoms with Crippen LogP contribution in [0.4, 0.5) is 0 Å². The first kappa shape index (κ1) is 13.4. The first-order valence-corrected chi connectivity index (χ1v) is 8.21. The van der Waals surface area contributed by atoms with Gasteiger partial charge in [0.15, 0.2) is 0 Å². The second-order valence-corrected chi connectivity index (χ2v) is 6.83. The third kappa shape index (κ3) is 3.12. The molecular formula is C16H27N3. The molecule has 0 radical (unpaired) electrons. The van der Waals surface area contributed by atoms with Gasteiger partial charge in [-0.05, 0) is 57.9 Å². The zero-order valence-corrected chi connectivity index (χ0v) is 12.2. The van der Waals surface area contributed by atoms with Crippen LogP contribution in [0.25, 0.3) is 0 Å². The van der Waals surface area contributed by atoms with E-state index in [4.69, 9.17) is 0 Å². The molecule has 0 aromatic rings. The SMILES string of the molecule is CCCCN(C1CC1)C1CCC(C#N)(NC2CC2)C1. The van der Waals surface area contributed by atoms with E-state index in [1.807, 2.05) is 0 Å². The predicted molar refractivity (Wildman–Crippen MR) is 76.8 cm³/mol. The highest BCUT2D eigenvalue weighted by atomic mass is 15.2. The average molecular weight is 261 g/mol. The lowest BCUT2D eigenvalue weighted by Crippen LogP contribution is -2.45. The summed E-state index contributed by atoms with van der Waals surface area (Å²) in [5.74, 6) is 0. The Hall–Kier alpha value is -0.590. The Bertz CT molecular complexity index is 353. The van der Waals surface area contributed by atoms with Gasteiger partial charge < -0.3 is 0 Å². The molecule has 0 aromatic heterocycles. The Morgan fingerprint density at radius 2 is 2.00 bits per heavy atom. The van der Waals surface area contributed by atoms with E-state index in [-0.39, 0.29) is 5.54 Å². The minimum Gasteiger partial charge on any atom is -0.297 e. The van der Waals surface area contributed by atoms with Crippen LogP contribution in [0.1, 0.15) is 64.7 Å². The van der Waals surface area contributed by atoms with Gasteiger partial charge >= 0.3 is 0 Å². The first-order chi connectivity index (χ1) is 9.26. The van der Waals surface area contributed by atoms with Crippen molar-refractivity contribution in [3.8, 4) is 6.07 Å². The summed E-state index contributed by atoms with van der Waals surface area (Å²) >= 11 is 0. The molecule has 0 saturated heterocycles. The zero-order chi connectivity index (χ0) is 13.3. The van der Waals surface area contributed by atoms with Crippen molar-refractivity contribution in [2.75, 3.05) is 6.54 Å². The minimum atomic E-state index is -0.203. The highest BCUT2D eigenvalue weighted by Crippen LogP contribution is 2.40. The van der Waals surface area contributed by atoms with Gasteiger partial charge in [-0.25, -0.2) is 0 Å². The van der Waals surface area contributed by atoms with E-state index >= 15 is 0 Å². The van der Waals surface area contributed by atoms with Gasteiger partial charge in [0.25, 0.3) is 0 Å². The molecule has 0 amide bonds. The molecule has 0 spiro atoms. The normalized spacial score (nSPS) is 34.7. The van der Waals surface area contributed by atoms with E-state index in [2.05, 4.69) is 23.2 Å². The number of unbranched alkanes of at least 4 members (excludes halogenated alkanes) is 1. The van der Waals surface area contributed by atoms with Gasteiger partial charge in [-0.15, -0.1) is 0 Å². The molecule has 3 fully saturated rings. The molecule has 3 rings (SSSR count). The number of hydrogen-bond donors (Lipinski definition) is 1. The molecule has 2 atom stereocenters. The molecule has 3 heteroatoms. The molecule has 0 aliphatic heterocycles. The van der Waals surface area contributed by atoms with Gasteiger partial charge in [0, 0.05) is 18.1 Å². The van der Waals surface area contributed by atoms with E-state index in [1.165, 1.54) is 51.5 Å². The van der Waals surface area contributed by atoms with Crippen LogP contribution in [0, 0.1) is 11.3 Å². The lowest BCUT2D eigenvalue weighted by Gasteiger charge is -2.30. The molecule has 0 aromatic carbocycles. The van der Waals surface area contributed by atoms with Crippen LogP contribution < -0.4 is 5.32 Å². The summed E-state index contributed by atoms with van der Waals surface area (Å²) in [6.07, 6.45) is 11.2. The Labute approximate surface area is 117 Å². The van der Waals surface area contributed by atoms with Crippen molar-refractivity contribution in [3.05, 3.63) is 0 Å². The third-order valence-corrected chi connectivity index (χ3v) is 5.01. The second kappa shape index (κ2) is 5.42. The molecule has 106 valence electrons. The number of hydrogen-bond acceptors (Lipinski definition) is 3. The van der Waals surface area contributed by atoms with E-state index in [1.54, 1.807) is 0 Å². The van der Waals surface area contributed by atoms with Crippen LogP contribution in [0.2, 0.25) is 0 Å². The van der Waals surface area contributed by atoms with E-state index < -0.39 is 0 Å². The number of nitrogens with zero attached hydrogens (tertiary/aromatic N) is 2. The van der Waals surface area contributed by atoms with E-state index in [0.717, 1.165) is 18.9 Å². The minimum absolute atomic E-state index is 0.203. The van der Waals surface area contributed by atoms with Gasteiger partial charge in [-0.3, -0.25) is 10.2 Å². The van der Waals surface area contributed by atoms with Crippen molar-refractivity contribution >= 4 is 0 Å². The van der Waals surface area contributed by atoms with Crippen LogP contribution in [-0.4, -0.2) is 35.1 Å². The van der Waals surface area contributed by atoms with Crippen LogP contribution in [-0.2, 0) is 0 Å². The Morgan fingerprint density at radius 1 is 1.21 bits per heavy atom. The monoisotopic (exact) mass is 261 g/mol. The summed E-state index contributed by atoms with van der Waals surface area (Å²) in [6.45, 7) is 3.52. The van der Waals surface area contributed by atoms with E-state index in [9.17, 15) is 5.26 Å². The van der Waals surface area contributed by atoms with Gasteiger partial charge in [0.05, 0.1) is 6.07 Å². The Kier molecular flexibility index (Phi) is 3.82. The molecule has 3 nitrogen and oxygen atoms in total. The second-order valence-electron chi connectivity index (χ2n) is 6.83. The summed E-state index contributed by atoms with van der Waals surface area (Å²) in [5.41, 5.74) is -0.203. The average Bonchev–Trinajstić information content (AvgIpc) is 3.32. The van der Waals surface area contributed by atoms with Crippen LogP contribution >= 0.6 is 0 Å². The molecule has 3 aliphatic carbocycles. The summed E-state index contributed by atoms with van der Waals surface area (Å²) in [6, 6.07) is 4.75. The lowest BCUT2D eigenvalue weighted by molar-refractivity contribution is 0.179. The highest BCUT2D eigenvalue weighted by Gasteiger charge is 2.46. The number of rotatable bonds is 7. The molecule has 1 N–H and O–H groups in total. The van der Waals surface area contributed by atoms with Crippen molar-refractivity contribution in [1.29, 1.82) is 5.26 Å². The van der Waals surface area contributed by atoms with Crippen molar-refractivity contribution in [2.45, 2.75) is 88.4 Å². The maximum atomic E-state index is 9.59. The van der Waals surface area contributed by atoms with Crippen LogP contribution in [0.3, 0.4) is 0 Å². The van der Waals surface area contributed by atoms with Crippen molar-refractivity contribution in [1.82, 2.24) is 10.2 Å². The summed E-state index contributed by atoms with van der Waals surface area (Å²) in [4.78, 5) is 2.73. The Balaban J connectivity index is 1.60. The largest absolute Gasteiger partial charge is 0.297 e. The Morgan fingerprint density at radius 3 is 2.58 bits per heavy atom. The first-order valence-electron chi connectivity index (χ1n) is 8.21. The topological polar surface area (TPSA) is 39.1 Å². The molecule has 3 aliphatic rings. The van der Waals surface area contributed by atoms with Crippen molar-refractivity contribution < 1.29 is 0 Å². The molecule has 3 saturated carbocycles. The quantitative estimate of drug-likeness (QED) is 0.766. The maximum Gasteiger partial charge on any atom is 0.108 e. The highest BCUT2D eigenvalue weighted by molar-refractivity contribution is 5.16. The van der Waals surface area contributed by atoms with Gasteiger partial charge in [-0.1, -0.05) is 13.3 Å². The van der Waals surface area contributed by atoms with Crippen molar-refractivity contribution in [3.63, 3.8) is 0 Å². The van der Waals surface area contributed by atoms with Crippen molar-refractivity contribution in [2.24, 2.45) is 0 Å². The molecule has 0 heterocycles. The smallest absolute Gasteiger partial charge is 0.108 e. The maximum absolute atomic E-state index is 9.59. The van der Waals surface area contributed by atoms with Crippen LogP contribution in [0.5, 0.6) is 0 Å². The fraction of sp³-hybridized carbons (Fsp3) is 0.938. The van der Waals surface area contributed by atoms with Gasteiger partial charge in [0.2, 0.25) is 0 Å². The van der Waals surface area contributed by atoms with E-state index in [0.29, 0.717) is 12.1 Å². The molecule has 19 heavy (non-hydrogen) atoms. The fourth-order valence-electron chi connectivity index (χ4n) is 3.60. The zero-order valence-electron chi connectivity index (χ0n) is 12.2. The fourth-order valence-corrected chi connectivity index (χ4v) is 3.60. The number of nitrogens with one attached hydrogen (secondary N) is 1. The molecule has 0 bridgehead atoms. The third-order valence-electron chi connectivity index (χ3n) is 5.01. The molecule has 2 unspecified atom stereocenters. The lowest BCUT2D eigenvalue weighted by atomic mass is 9.99. The number of nitriles is 1. The summed E-state index contributed by atoms with van der Waals surface area (Å²) < 4.78 is 0. The van der Waals surface area contributed by atoms with Gasteiger partial charge in [0.1, 0.15) is 5.54 Å². The predicted octanol–water partition coefficient (Wildman–Crippen LogP) is 2.82.